The fourth-order valence-corrected chi connectivity index (χ4v) is 1.22. The van der Waals surface area contributed by atoms with Crippen LogP contribution in [0.15, 0.2) is 24.3 Å². The summed E-state index contributed by atoms with van der Waals surface area (Å²) in [5, 5.41) is 0.306. The molecule has 0 bridgehead atoms. The lowest BCUT2D eigenvalue weighted by Crippen LogP contribution is -2.39. The lowest BCUT2D eigenvalue weighted by Gasteiger charge is -2.13. The quantitative estimate of drug-likeness (QED) is 0.476. The van der Waals surface area contributed by atoms with Crippen LogP contribution in [0.2, 0.25) is 5.02 Å². The molecule has 1 rings (SSSR count). The molecule has 0 atom stereocenters. The smallest absolute Gasteiger partial charge is 0.404 e. The third-order valence-corrected chi connectivity index (χ3v) is 2.18. The number of ether oxygens (including phenoxy) is 1. The lowest BCUT2D eigenvalue weighted by atomic mass is 10.1. The molecule has 3 nitrogen and oxygen atoms in total. The van der Waals surface area contributed by atoms with Gasteiger partial charge >= 0.3 is 11.9 Å². The normalized spacial score (nSPS) is 11.1. The molecule has 0 spiro atoms. The number of halogens is 3. The highest BCUT2D eigenvalue weighted by molar-refractivity contribution is 6.30. The van der Waals surface area contributed by atoms with Crippen LogP contribution in [0.5, 0.6) is 0 Å². The van der Waals surface area contributed by atoms with Gasteiger partial charge in [-0.2, -0.15) is 8.78 Å². The van der Waals surface area contributed by atoms with Crippen molar-refractivity contribution in [2.75, 3.05) is 6.61 Å². The summed E-state index contributed by atoms with van der Waals surface area (Å²) in [7, 11) is 0. The highest BCUT2D eigenvalue weighted by atomic mass is 35.5. The van der Waals surface area contributed by atoms with E-state index in [9.17, 15) is 18.4 Å². The average Bonchev–Trinajstić information content (AvgIpc) is 2.29. The number of Topliss-reactive ketones (excluding diaryl/α,β-unsaturated/α-hetero) is 1. The standard InChI is InChI=1S/C11H9ClF2O3/c1-2-17-10(16)11(13,14)9(15)7-3-5-8(12)6-4-7/h3-6H,2H2,1H3. The summed E-state index contributed by atoms with van der Waals surface area (Å²) in [6.07, 6.45) is 0. The van der Waals surface area contributed by atoms with E-state index >= 15 is 0 Å². The predicted octanol–water partition coefficient (Wildman–Crippen LogP) is 2.72. The van der Waals surface area contributed by atoms with Gasteiger partial charge < -0.3 is 4.74 Å². The summed E-state index contributed by atoms with van der Waals surface area (Å²) in [6, 6.07) is 4.82. The van der Waals surface area contributed by atoms with Gasteiger partial charge in [0.1, 0.15) is 0 Å². The zero-order valence-electron chi connectivity index (χ0n) is 8.88. The summed E-state index contributed by atoms with van der Waals surface area (Å²) >= 11 is 5.55. The molecular formula is C11H9ClF2O3. The van der Waals surface area contributed by atoms with Crippen LogP contribution in [0.4, 0.5) is 8.78 Å². The third-order valence-electron chi connectivity index (χ3n) is 1.92. The molecule has 0 radical (unpaired) electrons. The van der Waals surface area contributed by atoms with Crippen molar-refractivity contribution in [3.8, 4) is 0 Å². The van der Waals surface area contributed by atoms with Gasteiger partial charge in [0.15, 0.2) is 0 Å². The first kappa shape index (κ1) is 13.6. The van der Waals surface area contributed by atoms with Gasteiger partial charge in [0.2, 0.25) is 5.78 Å². The van der Waals surface area contributed by atoms with E-state index < -0.39 is 17.7 Å². The molecule has 0 aliphatic carbocycles. The zero-order chi connectivity index (χ0) is 13.1. The number of hydrogen-bond donors (Lipinski definition) is 0. The Labute approximate surface area is 101 Å². The van der Waals surface area contributed by atoms with Crippen LogP contribution in [-0.4, -0.2) is 24.3 Å². The SMILES string of the molecule is CCOC(=O)C(F)(F)C(=O)c1ccc(Cl)cc1. The van der Waals surface area contributed by atoms with E-state index in [0.29, 0.717) is 5.02 Å². The van der Waals surface area contributed by atoms with Crippen LogP contribution in [-0.2, 0) is 9.53 Å². The molecule has 0 N–H and O–H groups in total. The first-order valence-electron chi connectivity index (χ1n) is 4.75. The van der Waals surface area contributed by atoms with Gasteiger partial charge in [0.25, 0.3) is 0 Å². The number of hydrogen-bond acceptors (Lipinski definition) is 3. The highest BCUT2D eigenvalue weighted by Gasteiger charge is 2.49. The molecule has 6 heteroatoms. The summed E-state index contributed by atoms with van der Waals surface area (Å²) in [5.41, 5.74) is -0.299. The van der Waals surface area contributed by atoms with Crippen molar-refractivity contribution < 1.29 is 23.1 Å². The molecule has 92 valence electrons. The number of carbonyl (C=O) groups is 2. The van der Waals surface area contributed by atoms with Crippen LogP contribution in [0.1, 0.15) is 17.3 Å². The van der Waals surface area contributed by atoms with E-state index in [4.69, 9.17) is 11.6 Å². The second-order valence-electron chi connectivity index (χ2n) is 3.13. The van der Waals surface area contributed by atoms with E-state index in [0.717, 1.165) is 12.1 Å². The molecule has 1 aromatic rings. The van der Waals surface area contributed by atoms with Crippen molar-refractivity contribution in [2.45, 2.75) is 12.8 Å². The largest absolute Gasteiger partial charge is 0.461 e. The molecule has 0 fully saturated rings. The van der Waals surface area contributed by atoms with Gasteiger partial charge in [-0.3, -0.25) is 4.79 Å². The van der Waals surface area contributed by atoms with Gasteiger partial charge in [-0.1, -0.05) is 11.6 Å². The zero-order valence-corrected chi connectivity index (χ0v) is 9.63. The molecule has 0 saturated carbocycles. The van der Waals surface area contributed by atoms with Crippen molar-refractivity contribution in [3.05, 3.63) is 34.9 Å². The Morgan fingerprint density at radius 1 is 1.29 bits per heavy atom. The molecule has 0 amide bonds. The number of carbonyl (C=O) groups excluding carboxylic acids is 2. The Morgan fingerprint density at radius 2 is 1.82 bits per heavy atom. The Kier molecular flexibility index (Phi) is 4.17. The first-order chi connectivity index (χ1) is 7.89. The molecule has 1 aromatic carbocycles. The fourth-order valence-electron chi connectivity index (χ4n) is 1.10. The van der Waals surface area contributed by atoms with Crippen LogP contribution < -0.4 is 0 Å². The minimum absolute atomic E-state index is 0.220. The van der Waals surface area contributed by atoms with Crippen molar-refractivity contribution in [1.29, 1.82) is 0 Å². The average molecular weight is 263 g/mol. The van der Waals surface area contributed by atoms with Crippen LogP contribution in [0.25, 0.3) is 0 Å². The van der Waals surface area contributed by atoms with E-state index in [1.165, 1.54) is 19.1 Å². The second-order valence-corrected chi connectivity index (χ2v) is 3.57. The van der Waals surface area contributed by atoms with Crippen molar-refractivity contribution >= 4 is 23.4 Å². The predicted molar refractivity (Wildman–Crippen MR) is 57.4 cm³/mol. The monoisotopic (exact) mass is 262 g/mol. The van der Waals surface area contributed by atoms with Gasteiger partial charge in [-0.05, 0) is 31.2 Å². The molecule has 0 unspecified atom stereocenters. The van der Waals surface area contributed by atoms with E-state index in [2.05, 4.69) is 4.74 Å². The Hall–Kier alpha value is -1.49. The maximum atomic E-state index is 13.3. The molecular weight excluding hydrogens is 254 g/mol. The number of rotatable bonds is 4. The van der Waals surface area contributed by atoms with Crippen molar-refractivity contribution in [2.24, 2.45) is 0 Å². The molecule has 0 aliphatic rings. The number of ketones is 1. The molecule has 0 saturated heterocycles. The van der Waals surface area contributed by atoms with Crippen molar-refractivity contribution in [3.63, 3.8) is 0 Å². The van der Waals surface area contributed by atoms with Gasteiger partial charge in [0.05, 0.1) is 6.61 Å². The number of esters is 1. The summed E-state index contributed by atoms with van der Waals surface area (Å²) < 4.78 is 30.8. The van der Waals surface area contributed by atoms with E-state index in [1.54, 1.807) is 0 Å². The van der Waals surface area contributed by atoms with Crippen LogP contribution >= 0.6 is 11.6 Å². The van der Waals surface area contributed by atoms with E-state index in [-0.39, 0.29) is 12.2 Å². The molecule has 17 heavy (non-hydrogen) atoms. The van der Waals surface area contributed by atoms with Gasteiger partial charge in [-0.25, -0.2) is 4.79 Å². The first-order valence-corrected chi connectivity index (χ1v) is 5.12. The van der Waals surface area contributed by atoms with E-state index in [1.807, 2.05) is 0 Å². The van der Waals surface area contributed by atoms with Crippen LogP contribution in [0, 0.1) is 0 Å². The minimum atomic E-state index is -4.18. The van der Waals surface area contributed by atoms with Gasteiger partial charge in [0, 0.05) is 10.6 Å². The molecule has 0 aromatic heterocycles. The summed E-state index contributed by atoms with van der Waals surface area (Å²) in [6.45, 7) is 1.16. The lowest BCUT2D eigenvalue weighted by molar-refractivity contribution is -0.164. The Balaban J connectivity index is 2.95. The summed E-state index contributed by atoms with van der Waals surface area (Å²) in [4.78, 5) is 22.3. The number of benzene rings is 1. The maximum absolute atomic E-state index is 13.3. The highest BCUT2D eigenvalue weighted by Crippen LogP contribution is 2.23. The minimum Gasteiger partial charge on any atom is -0.461 e. The Morgan fingerprint density at radius 3 is 2.29 bits per heavy atom. The second kappa shape index (κ2) is 5.23. The maximum Gasteiger partial charge on any atom is 0.404 e. The third kappa shape index (κ3) is 3.00. The number of alkyl halides is 2. The summed E-state index contributed by atoms with van der Waals surface area (Å²) in [5.74, 6) is -7.63. The fraction of sp³-hybridized carbons (Fsp3) is 0.273. The van der Waals surface area contributed by atoms with Gasteiger partial charge in [-0.15, -0.1) is 0 Å². The van der Waals surface area contributed by atoms with Crippen LogP contribution in [0.3, 0.4) is 0 Å². The molecule has 0 aliphatic heterocycles. The molecule has 0 heterocycles. The Bertz CT molecular complexity index is 429. The topological polar surface area (TPSA) is 43.4 Å². The van der Waals surface area contributed by atoms with Crippen molar-refractivity contribution in [1.82, 2.24) is 0 Å².